The van der Waals surface area contributed by atoms with Crippen molar-refractivity contribution in [2.75, 3.05) is 31.2 Å². The van der Waals surface area contributed by atoms with E-state index < -0.39 is 5.82 Å². The summed E-state index contributed by atoms with van der Waals surface area (Å²) < 4.78 is 19.2. The standard InChI is InChI=1S/C16H18FN5O/c1-12-4-2-3-5-13(12)10-19-21-16-18-11-14(17)15(20-16)22-6-8-23-9-7-22/h2-5,11H,6-10H2,1H3. The lowest BCUT2D eigenvalue weighted by Crippen LogP contribution is -2.37. The zero-order valence-electron chi connectivity index (χ0n) is 12.9. The number of hydrogen-bond donors (Lipinski definition) is 0. The molecule has 2 aromatic rings. The number of azo groups is 1. The fourth-order valence-corrected chi connectivity index (χ4v) is 2.36. The maximum atomic E-state index is 13.9. The van der Waals surface area contributed by atoms with E-state index in [9.17, 15) is 4.39 Å². The molecule has 7 heteroatoms. The van der Waals surface area contributed by atoms with E-state index in [0.29, 0.717) is 32.8 Å². The van der Waals surface area contributed by atoms with Crippen molar-refractivity contribution in [3.8, 4) is 0 Å². The highest BCUT2D eigenvalue weighted by Gasteiger charge is 2.17. The van der Waals surface area contributed by atoms with Gasteiger partial charge in [-0.3, -0.25) is 0 Å². The molecule has 0 N–H and O–H groups in total. The van der Waals surface area contributed by atoms with E-state index in [0.717, 1.165) is 17.3 Å². The zero-order valence-corrected chi connectivity index (χ0v) is 12.9. The zero-order chi connectivity index (χ0) is 16.1. The third kappa shape index (κ3) is 3.87. The van der Waals surface area contributed by atoms with Crippen molar-refractivity contribution in [3.05, 3.63) is 47.4 Å². The van der Waals surface area contributed by atoms with Crippen molar-refractivity contribution in [1.82, 2.24) is 9.97 Å². The van der Waals surface area contributed by atoms with Crippen molar-refractivity contribution in [3.63, 3.8) is 0 Å². The van der Waals surface area contributed by atoms with Gasteiger partial charge in [-0.25, -0.2) is 9.37 Å². The summed E-state index contributed by atoms with van der Waals surface area (Å²) >= 11 is 0. The van der Waals surface area contributed by atoms with Gasteiger partial charge in [-0.2, -0.15) is 10.1 Å². The highest BCUT2D eigenvalue weighted by molar-refractivity contribution is 5.42. The Kier molecular flexibility index (Phi) is 4.87. The Morgan fingerprint density at radius 2 is 2.04 bits per heavy atom. The van der Waals surface area contributed by atoms with Gasteiger partial charge in [-0.15, -0.1) is 5.11 Å². The molecule has 1 aromatic heterocycles. The van der Waals surface area contributed by atoms with E-state index in [1.165, 1.54) is 0 Å². The lowest BCUT2D eigenvalue weighted by molar-refractivity contribution is 0.122. The Balaban J connectivity index is 1.73. The summed E-state index contributed by atoms with van der Waals surface area (Å²) in [6.07, 6.45) is 1.14. The average molecular weight is 315 g/mol. The molecule has 23 heavy (non-hydrogen) atoms. The molecule has 120 valence electrons. The molecule has 2 heterocycles. The highest BCUT2D eigenvalue weighted by atomic mass is 19.1. The van der Waals surface area contributed by atoms with Gasteiger partial charge in [-0.1, -0.05) is 24.3 Å². The van der Waals surface area contributed by atoms with Crippen LogP contribution in [0.3, 0.4) is 0 Å². The first kappa shape index (κ1) is 15.5. The van der Waals surface area contributed by atoms with Gasteiger partial charge >= 0.3 is 0 Å². The van der Waals surface area contributed by atoms with Crippen LogP contribution < -0.4 is 4.90 Å². The van der Waals surface area contributed by atoms with E-state index in [2.05, 4.69) is 20.2 Å². The van der Waals surface area contributed by atoms with Crippen molar-refractivity contribution in [2.45, 2.75) is 13.5 Å². The number of aryl methyl sites for hydroxylation is 1. The summed E-state index contributed by atoms with van der Waals surface area (Å²) in [6.45, 7) is 4.80. The first-order valence-corrected chi connectivity index (χ1v) is 7.51. The maximum absolute atomic E-state index is 13.9. The Hall–Kier alpha value is -2.41. The molecule has 0 atom stereocenters. The quantitative estimate of drug-likeness (QED) is 0.814. The van der Waals surface area contributed by atoms with Gasteiger partial charge in [0.05, 0.1) is 26.0 Å². The van der Waals surface area contributed by atoms with Crippen LogP contribution in [-0.4, -0.2) is 36.3 Å². The van der Waals surface area contributed by atoms with E-state index in [-0.39, 0.29) is 11.8 Å². The molecule has 3 rings (SSSR count). The summed E-state index contributed by atoms with van der Waals surface area (Å²) in [5, 5.41) is 8.14. The van der Waals surface area contributed by atoms with Crippen molar-refractivity contribution in [2.24, 2.45) is 10.2 Å². The minimum Gasteiger partial charge on any atom is -0.378 e. The maximum Gasteiger partial charge on any atom is 0.270 e. The molecule has 0 saturated carbocycles. The largest absolute Gasteiger partial charge is 0.378 e. The van der Waals surface area contributed by atoms with Crippen LogP contribution in [0.4, 0.5) is 16.2 Å². The van der Waals surface area contributed by atoms with Crippen LogP contribution in [0.5, 0.6) is 0 Å². The van der Waals surface area contributed by atoms with E-state index >= 15 is 0 Å². The minimum atomic E-state index is -0.454. The van der Waals surface area contributed by atoms with Gasteiger partial charge in [-0.05, 0) is 18.1 Å². The van der Waals surface area contributed by atoms with Crippen LogP contribution >= 0.6 is 0 Å². The lowest BCUT2D eigenvalue weighted by atomic mass is 10.1. The molecule has 0 unspecified atom stereocenters. The van der Waals surface area contributed by atoms with Crippen molar-refractivity contribution < 1.29 is 9.13 Å². The summed E-state index contributed by atoms with van der Waals surface area (Å²) in [5.41, 5.74) is 2.24. The van der Waals surface area contributed by atoms with Gasteiger partial charge in [0.15, 0.2) is 11.6 Å². The minimum absolute atomic E-state index is 0.168. The molecule has 0 bridgehead atoms. The van der Waals surface area contributed by atoms with Gasteiger partial charge in [0.1, 0.15) is 0 Å². The van der Waals surface area contributed by atoms with E-state index in [1.54, 1.807) is 0 Å². The molecule has 0 aliphatic carbocycles. The molecule has 0 spiro atoms. The predicted octanol–water partition coefficient (Wildman–Crippen LogP) is 3.04. The fourth-order valence-electron chi connectivity index (χ4n) is 2.36. The topological polar surface area (TPSA) is 63.0 Å². The molecule has 1 aliphatic heterocycles. The monoisotopic (exact) mass is 315 g/mol. The number of hydrogen-bond acceptors (Lipinski definition) is 6. The van der Waals surface area contributed by atoms with Gasteiger partial charge in [0.25, 0.3) is 5.95 Å². The van der Waals surface area contributed by atoms with Crippen LogP contribution in [-0.2, 0) is 11.3 Å². The van der Waals surface area contributed by atoms with Crippen LogP contribution in [0.2, 0.25) is 0 Å². The summed E-state index contributed by atoms with van der Waals surface area (Å²) in [4.78, 5) is 9.89. The first-order valence-electron chi connectivity index (χ1n) is 7.51. The number of aromatic nitrogens is 2. The number of rotatable bonds is 4. The molecule has 1 aromatic carbocycles. The van der Waals surface area contributed by atoms with E-state index in [1.807, 2.05) is 36.1 Å². The number of benzene rings is 1. The Bertz CT molecular complexity index is 701. The average Bonchev–Trinajstić information content (AvgIpc) is 2.59. The van der Waals surface area contributed by atoms with Gasteiger partial charge < -0.3 is 9.64 Å². The Morgan fingerprint density at radius 3 is 2.83 bits per heavy atom. The second kappa shape index (κ2) is 7.23. The number of nitrogens with zero attached hydrogens (tertiary/aromatic N) is 5. The second-order valence-electron chi connectivity index (χ2n) is 5.27. The number of halogens is 1. The van der Waals surface area contributed by atoms with Crippen LogP contribution in [0.1, 0.15) is 11.1 Å². The predicted molar refractivity (Wildman–Crippen MR) is 84.4 cm³/mol. The SMILES string of the molecule is Cc1ccccc1CN=Nc1ncc(F)c(N2CCOCC2)n1. The summed E-state index contributed by atoms with van der Waals surface area (Å²) in [6, 6.07) is 7.96. The molecule has 1 aliphatic rings. The summed E-state index contributed by atoms with van der Waals surface area (Å²) in [5.74, 6) is -0.0284. The molecular formula is C16H18FN5O. The molecular weight excluding hydrogens is 297 g/mol. The molecule has 6 nitrogen and oxygen atoms in total. The van der Waals surface area contributed by atoms with E-state index in [4.69, 9.17) is 4.74 Å². The number of morpholine rings is 1. The molecule has 1 fully saturated rings. The normalized spacial score (nSPS) is 15.3. The van der Waals surface area contributed by atoms with Crippen LogP contribution in [0.15, 0.2) is 40.7 Å². The van der Waals surface area contributed by atoms with Gasteiger partial charge in [0, 0.05) is 13.1 Å². The van der Waals surface area contributed by atoms with Gasteiger partial charge in [0.2, 0.25) is 0 Å². The van der Waals surface area contributed by atoms with Crippen molar-refractivity contribution in [1.29, 1.82) is 0 Å². The molecule has 1 saturated heterocycles. The number of ether oxygens (including phenoxy) is 1. The third-order valence-electron chi connectivity index (χ3n) is 3.69. The van der Waals surface area contributed by atoms with Crippen LogP contribution in [0, 0.1) is 12.7 Å². The van der Waals surface area contributed by atoms with Crippen LogP contribution in [0.25, 0.3) is 0 Å². The third-order valence-corrected chi connectivity index (χ3v) is 3.69. The molecule has 0 radical (unpaired) electrons. The van der Waals surface area contributed by atoms with Crippen molar-refractivity contribution >= 4 is 11.8 Å². The number of anilines is 1. The highest BCUT2D eigenvalue weighted by Crippen LogP contribution is 2.20. The summed E-state index contributed by atoms with van der Waals surface area (Å²) in [7, 11) is 0. The molecule has 0 amide bonds. The fraction of sp³-hybridized carbons (Fsp3) is 0.375. The lowest BCUT2D eigenvalue weighted by Gasteiger charge is -2.27. The smallest absolute Gasteiger partial charge is 0.270 e. The Labute approximate surface area is 134 Å². The Morgan fingerprint density at radius 1 is 1.26 bits per heavy atom. The first-order chi connectivity index (χ1) is 11.2. The second-order valence-corrected chi connectivity index (χ2v) is 5.27.